The molecule has 1 aliphatic carbocycles. The fourth-order valence-electron chi connectivity index (χ4n) is 3.33. The first-order chi connectivity index (χ1) is 10.8. The van der Waals surface area contributed by atoms with Crippen LogP contribution < -0.4 is 9.47 Å². The Balaban J connectivity index is 1.59. The zero-order valence-electron chi connectivity index (χ0n) is 13.0. The number of aromatic nitrogens is 2. The highest BCUT2D eigenvalue weighted by Gasteiger charge is 2.31. The first-order valence-corrected chi connectivity index (χ1v) is 8.09. The standard InChI is InChI=1S/C16H23N3O3/c1-21-16-17-9-8-14(18-16)22-13-7-4-10-19(11-13)15(20)12-5-2-3-6-12/h8-9,12-13H,2-7,10-11H2,1H3. The van der Waals surface area contributed by atoms with Crippen LogP contribution in [-0.4, -0.2) is 47.1 Å². The van der Waals surface area contributed by atoms with Crippen molar-refractivity contribution < 1.29 is 14.3 Å². The lowest BCUT2D eigenvalue weighted by molar-refractivity contribution is -0.138. The third-order valence-corrected chi connectivity index (χ3v) is 4.47. The predicted octanol–water partition coefficient (Wildman–Crippen LogP) is 2.05. The van der Waals surface area contributed by atoms with Crippen LogP contribution in [0.5, 0.6) is 11.9 Å². The van der Waals surface area contributed by atoms with Crippen LogP contribution in [-0.2, 0) is 4.79 Å². The molecule has 0 N–H and O–H groups in total. The summed E-state index contributed by atoms with van der Waals surface area (Å²) in [5.41, 5.74) is 0. The van der Waals surface area contributed by atoms with Crippen LogP contribution >= 0.6 is 0 Å². The van der Waals surface area contributed by atoms with Crippen LogP contribution in [0.4, 0.5) is 0 Å². The fraction of sp³-hybridized carbons (Fsp3) is 0.688. The van der Waals surface area contributed by atoms with Crippen LogP contribution in [0.1, 0.15) is 38.5 Å². The van der Waals surface area contributed by atoms with Gasteiger partial charge in [-0.05, 0) is 25.7 Å². The van der Waals surface area contributed by atoms with Gasteiger partial charge >= 0.3 is 6.01 Å². The van der Waals surface area contributed by atoms with Crippen molar-refractivity contribution in [2.45, 2.75) is 44.6 Å². The lowest BCUT2D eigenvalue weighted by Gasteiger charge is -2.34. The van der Waals surface area contributed by atoms with Crippen molar-refractivity contribution in [3.63, 3.8) is 0 Å². The van der Waals surface area contributed by atoms with Gasteiger partial charge in [-0.2, -0.15) is 4.98 Å². The Morgan fingerprint density at radius 3 is 2.86 bits per heavy atom. The average molecular weight is 305 g/mol. The number of hydrogen-bond donors (Lipinski definition) is 0. The second kappa shape index (κ2) is 6.94. The molecule has 0 radical (unpaired) electrons. The van der Waals surface area contributed by atoms with Gasteiger partial charge in [0, 0.05) is 24.7 Å². The van der Waals surface area contributed by atoms with E-state index in [1.54, 1.807) is 12.3 Å². The van der Waals surface area contributed by atoms with E-state index in [1.165, 1.54) is 20.0 Å². The van der Waals surface area contributed by atoms with E-state index in [1.807, 2.05) is 4.90 Å². The molecule has 2 aliphatic rings. The van der Waals surface area contributed by atoms with Gasteiger partial charge < -0.3 is 14.4 Å². The zero-order valence-corrected chi connectivity index (χ0v) is 13.0. The quantitative estimate of drug-likeness (QED) is 0.852. The van der Waals surface area contributed by atoms with E-state index < -0.39 is 0 Å². The SMILES string of the molecule is COc1nccc(OC2CCCN(C(=O)C3CCCC3)C2)n1. The molecule has 1 saturated heterocycles. The molecule has 0 bridgehead atoms. The number of carbonyl (C=O) groups is 1. The summed E-state index contributed by atoms with van der Waals surface area (Å²) in [5, 5.41) is 0. The van der Waals surface area contributed by atoms with Crippen molar-refractivity contribution in [3.05, 3.63) is 12.3 Å². The van der Waals surface area contributed by atoms with Crippen LogP contribution in [0.25, 0.3) is 0 Å². The molecule has 1 atom stereocenters. The number of nitrogens with zero attached hydrogens (tertiary/aromatic N) is 3. The highest BCUT2D eigenvalue weighted by molar-refractivity contribution is 5.79. The average Bonchev–Trinajstić information content (AvgIpc) is 3.09. The van der Waals surface area contributed by atoms with E-state index in [0.717, 1.165) is 32.2 Å². The van der Waals surface area contributed by atoms with Crippen LogP contribution in [0.2, 0.25) is 0 Å². The van der Waals surface area contributed by atoms with Gasteiger partial charge in [0.1, 0.15) is 6.10 Å². The number of rotatable bonds is 4. The molecule has 6 heteroatoms. The summed E-state index contributed by atoms with van der Waals surface area (Å²) in [6.45, 7) is 1.50. The number of hydrogen-bond acceptors (Lipinski definition) is 5. The van der Waals surface area contributed by atoms with Crippen LogP contribution in [0.15, 0.2) is 12.3 Å². The molecule has 1 unspecified atom stereocenters. The summed E-state index contributed by atoms with van der Waals surface area (Å²) in [4.78, 5) is 22.6. The molecule has 6 nitrogen and oxygen atoms in total. The second-order valence-electron chi connectivity index (χ2n) is 6.03. The largest absolute Gasteiger partial charge is 0.472 e. The van der Waals surface area contributed by atoms with Crippen LogP contribution in [0.3, 0.4) is 0 Å². The first-order valence-electron chi connectivity index (χ1n) is 8.09. The predicted molar refractivity (Wildman–Crippen MR) is 80.8 cm³/mol. The Kier molecular flexibility index (Phi) is 4.75. The minimum Gasteiger partial charge on any atom is -0.472 e. The normalized spacial score (nSPS) is 22.6. The Labute approximate surface area is 130 Å². The van der Waals surface area contributed by atoms with E-state index >= 15 is 0 Å². The maximum absolute atomic E-state index is 12.5. The molecule has 1 aliphatic heterocycles. The second-order valence-corrected chi connectivity index (χ2v) is 6.03. The highest BCUT2D eigenvalue weighted by atomic mass is 16.5. The van der Waals surface area contributed by atoms with Gasteiger partial charge in [0.05, 0.1) is 13.7 Å². The van der Waals surface area contributed by atoms with Gasteiger partial charge in [-0.1, -0.05) is 12.8 Å². The number of carbonyl (C=O) groups excluding carboxylic acids is 1. The first kappa shape index (κ1) is 15.1. The monoisotopic (exact) mass is 305 g/mol. The number of likely N-dealkylation sites (tertiary alicyclic amines) is 1. The van der Waals surface area contributed by atoms with Gasteiger partial charge in [-0.15, -0.1) is 0 Å². The Morgan fingerprint density at radius 1 is 1.27 bits per heavy atom. The molecule has 22 heavy (non-hydrogen) atoms. The topological polar surface area (TPSA) is 64.6 Å². The lowest BCUT2D eigenvalue weighted by atomic mass is 10.0. The third kappa shape index (κ3) is 3.48. The number of amides is 1. The molecule has 1 aromatic rings. The summed E-state index contributed by atoms with van der Waals surface area (Å²) >= 11 is 0. The van der Waals surface area contributed by atoms with Crippen LogP contribution in [0, 0.1) is 5.92 Å². The third-order valence-electron chi connectivity index (χ3n) is 4.47. The van der Waals surface area contributed by atoms with Gasteiger partial charge in [-0.3, -0.25) is 4.79 Å². The molecule has 0 spiro atoms. The van der Waals surface area contributed by atoms with Crippen molar-refractivity contribution in [1.82, 2.24) is 14.9 Å². The van der Waals surface area contributed by atoms with Crippen molar-refractivity contribution in [1.29, 1.82) is 0 Å². The summed E-state index contributed by atoms with van der Waals surface area (Å²) in [6.07, 6.45) is 8.00. The molecule has 1 saturated carbocycles. The summed E-state index contributed by atoms with van der Waals surface area (Å²) in [7, 11) is 1.53. The van der Waals surface area contributed by atoms with Crippen molar-refractivity contribution in [2.24, 2.45) is 5.92 Å². The smallest absolute Gasteiger partial charge is 0.319 e. The number of methoxy groups -OCH3 is 1. The minimum atomic E-state index is -0.00120. The Bertz CT molecular complexity index is 517. The summed E-state index contributed by atoms with van der Waals surface area (Å²) in [5.74, 6) is 1.05. The maximum Gasteiger partial charge on any atom is 0.319 e. The molecule has 2 fully saturated rings. The van der Waals surface area contributed by atoms with E-state index in [-0.39, 0.29) is 12.0 Å². The van der Waals surface area contributed by atoms with Crippen molar-refractivity contribution in [2.75, 3.05) is 20.2 Å². The Hall–Kier alpha value is -1.85. The van der Waals surface area contributed by atoms with Gasteiger partial charge in [0.25, 0.3) is 0 Å². The molecular formula is C16H23N3O3. The molecule has 120 valence electrons. The van der Waals surface area contributed by atoms with E-state index in [2.05, 4.69) is 9.97 Å². The zero-order chi connectivity index (χ0) is 15.4. The fourth-order valence-corrected chi connectivity index (χ4v) is 3.33. The lowest BCUT2D eigenvalue weighted by Crippen LogP contribution is -2.46. The summed E-state index contributed by atoms with van der Waals surface area (Å²) in [6, 6.07) is 2.02. The minimum absolute atomic E-state index is 0.00120. The van der Waals surface area contributed by atoms with Gasteiger partial charge in [0.2, 0.25) is 11.8 Å². The Morgan fingerprint density at radius 2 is 2.09 bits per heavy atom. The number of piperidine rings is 1. The molecule has 1 aromatic heterocycles. The molecule has 2 heterocycles. The van der Waals surface area contributed by atoms with Crippen molar-refractivity contribution in [3.8, 4) is 11.9 Å². The summed E-state index contributed by atoms with van der Waals surface area (Å²) < 4.78 is 10.9. The molecular weight excluding hydrogens is 282 g/mol. The molecule has 3 rings (SSSR count). The van der Waals surface area contributed by atoms with E-state index in [4.69, 9.17) is 9.47 Å². The van der Waals surface area contributed by atoms with Crippen molar-refractivity contribution >= 4 is 5.91 Å². The number of ether oxygens (including phenoxy) is 2. The van der Waals surface area contributed by atoms with Gasteiger partial charge in [0.15, 0.2) is 0 Å². The maximum atomic E-state index is 12.5. The highest BCUT2D eigenvalue weighted by Crippen LogP contribution is 2.28. The van der Waals surface area contributed by atoms with E-state index in [9.17, 15) is 4.79 Å². The van der Waals surface area contributed by atoms with Gasteiger partial charge in [-0.25, -0.2) is 4.98 Å². The van der Waals surface area contributed by atoms with E-state index in [0.29, 0.717) is 24.3 Å². The molecule has 0 aromatic carbocycles. The molecule has 1 amide bonds.